The molecule has 0 spiro atoms. The highest BCUT2D eigenvalue weighted by molar-refractivity contribution is 8.19. The molecule has 4 rings (SSSR count). The molecule has 7 heteroatoms. The van der Waals surface area contributed by atoms with Crippen molar-refractivity contribution >= 4 is 35.5 Å². The van der Waals surface area contributed by atoms with E-state index >= 15 is 0 Å². The standard InChI is InChI=1S/C20H18O5S2/c1-23-16-11-13(20-26-8-9-27-20)6-7-15(16)24-19(22)17-10-12-4-2-3-5-14(12)18(21)25-17/h2-7,11,17,20H,8-10H2,1H3/t17-/m0/s1. The van der Waals surface area contributed by atoms with Crippen LogP contribution in [-0.2, 0) is 16.0 Å². The Bertz CT molecular complexity index is 876. The van der Waals surface area contributed by atoms with Gasteiger partial charge in [0.1, 0.15) is 0 Å². The van der Waals surface area contributed by atoms with Gasteiger partial charge in [0.2, 0.25) is 6.10 Å². The highest BCUT2D eigenvalue weighted by Gasteiger charge is 2.33. The smallest absolute Gasteiger partial charge is 0.353 e. The lowest BCUT2D eigenvalue weighted by Crippen LogP contribution is -2.37. The van der Waals surface area contributed by atoms with Crippen molar-refractivity contribution in [1.29, 1.82) is 0 Å². The van der Waals surface area contributed by atoms with Crippen LogP contribution in [0, 0.1) is 0 Å². The molecule has 2 heterocycles. The van der Waals surface area contributed by atoms with Crippen molar-refractivity contribution in [2.75, 3.05) is 18.6 Å². The fourth-order valence-electron chi connectivity index (χ4n) is 3.10. The fourth-order valence-corrected chi connectivity index (χ4v) is 5.94. The van der Waals surface area contributed by atoms with Gasteiger partial charge in [0, 0.05) is 17.9 Å². The van der Waals surface area contributed by atoms with Crippen molar-refractivity contribution in [2.24, 2.45) is 0 Å². The first-order valence-electron chi connectivity index (χ1n) is 8.57. The second-order valence-corrected chi connectivity index (χ2v) is 8.88. The highest BCUT2D eigenvalue weighted by Crippen LogP contribution is 2.47. The average molecular weight is 402 g/mol. The quantitative estimate of drug-likeness (QED) is 0.568. The number of benzene rings is 2. The minimum atomic E-state index is -0.960. The third kappa shape index (κ3) is 3.80. The second kappa shape index (κ2) is 7.86. The zero-order valence-corrected chi connectivity index (χ0v) is 16.3. The van der Waals surface area contributed by atoms with Crippen LogP contribution in [0.15, 0.2) is 42.5 Å². The molecule has 0 bridgehead atoms. The summed E-state index contributed by atoms with van der Waals surface area (Å²) in [4.78, 5) is 24.7. The number of hydrogen-bond donors (Lipinski definition) is 0. The largest absolute Gasteiger partial charge is 0.493 e. The topological polar surface area (TPSA) is 61.8 Å². The molecule has 0 saturated carbocycles. The minimum absolute atomic E-state index is 0.302. The molecule has 0 amide bonds. The molecule has 2 aromatic rings. The number of thioether (sulfide) groups is 2. The lowest BCUT2D eigenvalue weighted by Gasteiger charge is -2.23. The molecule has 1 atom stereocenters. The summed E-state index contributed by atoms with van der Waals surface area (Å²) in [5.41, 5.74) is 2.42. The van der Waals surface area contributed by atoms with Crippen LogP contribution < -0.4 is 9.47 Å². The zero-order chi connectivity index (χ0) is 18.8. The number of carbonyl (C=O) groups excluding carboxylic acids is 2. The molecule has 27 heavy (non-hydrogen) atoms. The van der Waals surface area contributed by atoms with E-state index in [1.807, 2.05) is 47.8 Å². The average Bonchev–Trinajstić information content (AvgIpc) is 3.23. The molecule has 140 valence electrons. The van der Waals surface area contributed by atoms with Crippen molar-refractivity contribution in [3.8, 4) is 11.5 Å². The van der Waals surface area contributed by atoms with Gasteiger partial charge in [-0.1, -0.05) is 24.3 Å². The van der Waals surface area contributed by atoms with Gasteiger partial charge in [-0.25, -0.2) is 9.59 Å². The number of methoxy groups -OCH3 is 1. The molecule has 0 unspecified atom stereocenters. The number of cyclic esters (lactones) is 1. The lowest BCUT2D eigenvalue weighted by molar-refractivity contribution is -0.144. The Hall–Kier alpha value is -2.12. The van der Waals surface area contributed by atoms with Crippen LogP contribution in [0.2, 0.25) is 0 Å². The van der Waals surface area contributed by atoms with Crippen molar-refractivity contribution < 1.29 is 23.8 Å². The summed E-state index contributed by atoms with van der Waals surface area (Å²) >= 11 is 3.79. The van der Waals surface area contributed by atoms with Gasteiger partial charge in [-0.05, 0) is 29.3 Å². The van der Waals surface area contributed by atoms with Gasteiger partial charge in [0.05, 0.1) is 17.3 Å². The number of rotatable bonds is 4. The summed E-state index contributed by atoms with van der Waals surface area (Å²) in [6, 6.07) is 12.7. The van der Waals surface area contributed by atoms with E-state index in [-0.39, 0.29) is 0 Å². The Labute approximate surface area is 165 Å². The van der Waals surface area contributed by atoms with E-state index in [0.717, 1.165) is 22.6 Å². The van der Waals surface area contributed by atoms with Crippen LogP contribution in [0.1, 0.15) is 26.1 Å². The van der Waals surface area contributed by atoms with E-state index in [4.69, 9.17) is 14.2 Å². The molecule has 2 aliphatic heterocycles. The maximum atomic E-state index is 12.6. The molecule has 0 N–H and O–H groups in total. The van der Waals surface area contributed by atoms with E-state index in [2.05, 4.69) is 0 Å². The first-order valence-corrected chi connectivity index (χ1v) is 10.7. The monoisotopic (exact) mass is 402 g/mol. The Morgan fingerprint density at radius 2 is 1.89 bits per heavy atom. The summed E-state index contributed by atoms with van der Waals surface area (Å²) in [6.07, 6.45) is -0.658. The summed E-state index contributed by atoms with van der Waals surface area (Å²) < 4.78 is 16.5. The molecule has 1 fully saturated rings. The predicted octanol–water partition coefficient (Wildman–Crippen LogP) is 3.86. The Morgan fingerprint density at radius 3 is 2.67 bits per heavy atom. The molecule has 2 aliphatic rings. The van der Waals surface area contributed by atoms with Crippen LogP contribution in [0.5, 0.6) is 11.5 Å². The third-order valence-electron chi connectivity index (χ3n) is 4.45. The second-order valence-electron chi connectivity index (χ2n) is 6.16. The van der Waals surface area contributed by atoms with Crippen LogP contribution >= 0.6 is 23.5 Å². The summed E-state index contributed by atoms with van der Waals surface area (Å²) in [5, 5.41) is 0. The molecular weight excluding hydrogens is 384 g/mol. The fraction of sp³-hybridized carbons (Fsp3) is 0.300. The van der Waals surface area contributed by atoms with Crippen molar-refractivity contribution in [1.82, 2.24) is 0 Å². The summed E-state index contributed by atoms with van der Waals surface area (Å²) in [6.45, 7) is 0. The molecular formula is C20H18O5S2. The van der Waals surface area contributed by atoms with Gasteiger partial charge in [0.25, 0.3) is 0 Å². The van der Waals surface area contributed by atoms with Gasteiger partial charge < -0.3 is 14.2 Å². The Morgan fingerprint density at radius 1 is 1.11 bits per heavy atom. The molecule has 0 radical (unpaired) electrons. The highest BCUT2D eigenvalue weighted by atomic mass is 32.2. The van der Waals surface area contributed by atoms with Crippen molar-refractivity contribution in [2.45, 2.75) is 17.1 Å². The first-order chi connectivity index (χ1) is 13.2. The van der Waals surface area contributed by atoms with E-state index in [0.29, 0.717) is 28.1 Å². The van der Waals surface area contributed by atoms with Crippen LogP contribution in [-0.4, -0.2) is 36.7 Å². The molecule has 1 saturated heterocycles. The Balaban J connectivity index is 1.50. The van der Waals surface area contributed by atoms with Crippen LogP contribution in [0.4, 0.5) is 0 Å². The van der Waals surface area contributed by atoms with Gasteiger partial charge in [-0.3, -0.25) is 0 Å². The first kappa shape index (κ1) is 18.3. The van der Waals surface area contributed by atoms with E-state index in [9.17, 15) is 9.59 Å². The van der Waals surface area contributed by atoms with E-state index in [1.54, 1.807) is 25.3 Å². The normalized spacial score (nSPS) is 19.3. The molecule has 0 aliphatic carbocycles. The zero-order valence-electron chi connectivity index (χ0n) is 14.7. The van der Waals surface area contributed by atoms with Gasteiger partial charge in [0.15, 0.2) is 11.5 Å². The van der Waals surface area contributed by atoms with Crippen molar-refractivity contribution in [3.63, 3.8) is 0 Å². The molecule has 0 aromatic heterocycles. The van der Waals surface area contributed by atoms with Crippen LogP contribution in [0.25, 0.3) is 0 Å². The number of esters is 2. The van der Waals surface area contributed by atoms with Gasteiger partial charge in [-0.2, -0.15) is 0 Å². The number of ether oxygens (including phenoxy) is 3. The number of fused-ring (bicyclic) bond motifs is 1. The Kier molecular flexibility index (Phi) is 5.31. The third-order valence-corrected chi connectivity index (χ3v) is 7.55. The molecule has 2 aromatic carbocycles. The van der Waals surface area contributed by atoms with Crippen LogP contribution in [0.3, 0.4) is 0 Å². The van der Waals surface area contributed by atoms with Gasteiger partial charge in [-0.15, -0.1) is 23.5 Å². The van der Waals surface area contributed by atoms with E-state index < -0.39 is 18.0 Å². The SMILES string of the molecule is COc1cc(C2SCCS2)ccc1OC(=O)[C@@H]1Cc2ccccc2C(=O)O1. The predicted molar refractivity (Wildman–Crippen MR) is 106 cm³/mol. The minimum Gasteiger partial charge on any atom is -0.493 e. The summed E-state index contributed by atoms with van der Waals surface area (Å²) in [7, 11) is 1.54. The van der Waals surface area contributed by atoms with Crippen molar-refractivity contribution in [3.05, 3.63) is 59.2 Å². The molecule has 5 nitrogen and oxygen atoms in total. The summed E-state index contributed by atoms with van der Waals surface area (Å²) in [5.74, 6) is 1.97. The number of carbonyl (C=O) groups is 2. The van der Waals surface area contributed by atoms with E-state index in [1.165, 1.54) is 0 Å². The maximum absolute atomic E-state index is 12.6. The number of hydrogen-bond acceptors (Lipinski definition) is 7. The lowest BCUT2D eigenvalue weighted by atomic mass is 9.99. The van der Waals surface area contributed by atoms with Gasteiger partial charge >= 0.3 is 11.9 Å². The maximum Gasteiger partial charge on any atom is 0.353 e.